The molecule has 0 saturated carbocycles. The number of hydrogen-bond donors (Lipinski definition) is 0. The lowest BCUT2D eigenvalue weighted by atomic mass is 10.1. The summed E-state index contributed by atoms with van der Waals surface area (Å²) in [5.41, 5.74) is 5.61. The highest BCUT2D eigenvalue weighted by atomic mass is 15.4. The maximum Gasteiger partial charge on any atom is 0.272 e. The van der Waals surface area contributed by atoms with E-state index in [1.165, 1.54) is 0 Å². The van der Waals surface area contributed by atoms with Gasteiger partial charge in [0.15, 0.2) is 5.65 Å². The first-order valence-corrected chi connectivity index (χ1v) is 8.43. The molecule has 0 atom stereocenters. The predicted molar refractivity (Wildman–Crippen MR) is 101 cm³/mol. The molecule has 0 bridgehead atoms. The topological polar surface area (TPSA) is 61.4 Å². The van der Waals surface area contributed by atoms with Crippen LogP contribution in [0.1, 0.15) is 5.69 Å². The van der Waals surface area contributed by atoms with Crippen molar-refractivity contribution < 1.29 is 0 Å². The van der Waals surface area contributed by atoms with Crippen molar-refractivity contribution in [1.82, 2.24) is 29.5 Å². The van der Waals surface area contributed by atoms with E-state index in [4.69, 9.17) is 4.98 Å². The number of aryl methyl sites for hydroxylation is 2. The number of nitrogens with zero attached hydrogens (tertiary/aromatic N) is 6. The van der Waals surface area contributed by atoms with Crippen molar-refractivity contribution in [3.8, 4) is 17.2 Å². The van der Waals surface area contributed by atoms with Crippen molar-refractivity contribution in [2.75, 3.05) is 0 Å². The summed E-state index contributed by atoms with van der Waals surface area (Å²) in [6.45, 7) is 1.99. The van der Waals surface area contributed by atoms with E-state index in [1.807, 2.05) is 73.1 Å². The first-order chi connectivity index (χ1) is 12.7. The third-order valence-corrected chi connectivity index (χ3v) is 4.64. The van der Waals surface area contributed by atoms with Gasteiger partial charge in [-0.1, -0.05) is 48.5 Å². The quantitative estimate of drug-likeness (QED) is 0.492. The first-order valence-electron chi connectivity index (χ1n) is 8.43. The van der Waals surface area contributed by atoms with Crippen molar-refractivity contribution in [2.24, 2.45) is 7.05 Å². The lowest BCUT2D eigenvalue weighted by molar-refractivity contribution is 0.762. The van der Waals surface area contributed by atoms with Gasteiger partial charge in [0.1, 0.15) is 5.52 Å². The molecule has 2 aromatic carbocycles. The predicted octanol–water partition coefficient (Wildman–Crippen LogP) is 3.68. The van der Waals surface area contributed by atoms with Crippen molar-refractivity contribution in [1.29, 1.82) is 0 Å². The minimum absolute atomic E-state index is 0.475. The molecule has 6 heteroatoms. The highest BCUT2D eigenvalue weighted by Gasteiger charge is 2.15. The molecule has 0 aliphatic rings. The third-order valence-electron chi connectivity index (χ3n) is 4.64. The second-order valence-electron chi connectivity index (χ2n) is 6.31. The molecule has 5 rings (SSSR count). The van der Waals surface area contributed by atoms with E-state index in [1.54, 1.807) is 4.68 Å². The Morgan fingerprint density at radius 2 is 1.65 bits per heavy atom. The fourth-order valence-electron chi connectivity index (χ4n) is 3.31. The Bertz CT molecular complexity index is 1250. The zero-order valence-electron chi connectivity index (χ0n) is 14.5. The Kier molecular flexibility index (Phi) is 3.12. The van der Waals surface area contributed by atoms with Gasteiger partial charge in [-0.3, -0.25) is 0 Å². The van der Waals surface area contributed by atoms with Gasteiger partial charge in [-0.15, -0.1) is 10.2 Å². The summed E-state index contributed by atoms with van der Waals surface area (Å²) in [6.07, 6.45) is 0. The van der Waals surface area contributed by atoms with E-state index in [0.717, 1.165) is 39.0 Å². The van der Waals surface area contributed by atoms with Crippen LogP contribution in [0, 0.1) is 6.92 Å². The van der Waals surface area contributed by atoms with E-state index in [0.29, 0.717) is 5.95 Å². The highest BCUT2D eigenvalue weighted by molar-refractivity contribution is 6.03. The molecule has 0 saturated heterocycles. The minimum Gasteiger partial charge on any atom is -0.327 e. The summed E-state index contributed by atoms with van der Waals surface area (Å²) < 4.78 is 3.78. The van der Waals surface area contributed by atoms with Crippen LogP contribution in [0.4, 0.5) is 0 Å². The van der Waals surface area contributed by atoms with E-state index in [2.05, 4.69) is 21.4 Å². The maximum atomic E-state index is 4.74. The van der Waals surface area contributed by atoms with Crippen LogP contribution in [0.2, 0.25) is 0 Å². The number of para-hydroxylation sites is 1. The number of rotatable bonds is 2. The molecule has 0 amide bonds. The standard InChI is InChI=1S/C20H16N6/c1-13-12-16(14-8-4-3-5-9-14)24-26(13)20-21-19-18(22-23-20)15-10-6-7-11-17(15)25(19)2/h3-12H,1-2H3. The average molecular weight is 340 g/mol. The molecule has 0 aliphatic heterocycles. The number of hydrogen-bond acceptors (Lipinski definition) is 4. The summed E-state index contributed by atoms with van der Waals surface area (Å²) in [4.78, 5) is 4.74. The zero-order chi connectivity index (χ0) is 17.7. The monoisotopic (exact) mass is 340 g/mol. The van der Waals surface area contributed by atoms with Crippen LogP contribution in [0.3, 0.4) is 0 Å². The van der Waals surface area contributed by atoms with E-state index in [-0.39, 0.29) is 0 Å². The summed E-state index contributed by atoms with van der Waals surface area (Å²) in [5.74, 6) is 0.475. The lowest BCUT2D eigenvalue weighted by Gasteiger charge is -2.02. The molecule has 0 fully saturated rings. The van der Waals surface area contributed by atoms with Crippen molar-refractivity contribution >= 4 is 22.1 Å². The molecule has 3 aromatic heterocycles. The summed E-state index contributed by atoms with van der Waals surface area (Å²) >= 11 is 0. The average Bonchev–Trinajstić information content (AvgIpc) is 3.21. The molecule has 126 valence electrons. The normalized spacial score (nSPS) is 11.5. The van der Waals surface area contributed by atoms with Gasteiger partial charge in [0.25, 0.3) is 5.95 Å². The van der Waals surface area contributed by atoms with E-state index >= 15 is 0 Å². The molecule has 26 heavy (non-hydrogen) atoms. The van der Waals surface area contributed by atoms with Crippen LogP contribution in [-0.2, 0) is 7.05 Å². The van der Waals surface area contributed by atoms with Crippen LogP contribution < -0.4 is 0 Å². The first kappa shape index (κ1) is 14.8. The second kappa shape index (κ2) is 5.49. The Hall–Kier alpha value is -3.54. The summed E-state index contributed by atoms with van der Waals surface area (Å²) in [6, 6.07) is 20.2. The Morgan fingerprint density at radius 1 is 0.885 bits per heavy atom. The second-order valence-corrected chi connectivity index (χ2v) is 6.31. The highest BCUT2D eigenvalue weighted by Crippen LogP contribution is 2.25. The summed E-state index contributed by atoms with van der Waals surface area (Å²) in [5, 5.41) is 14.5. The Morgan fingerprint density at radius 3 is 2.50 bits per heavy atom. The third kappa shape index (κ3) is 2.12. The van der Waals surface area contributed by atoms with Crippen molar-refractivity contribution in [2.45, 2.75) is 6.92 Å². The number of aromatic nitrogens is 6. The van der Waals surface area contributed by atoms with Gasteiger partial charge in [0.05, 0.1) is 11.2 Å². The van der Waals surface area contributed by atoms with Crippen molar-refractivity contribution in [3.63, 3.8) is 0 Å². The fourth-order valence-corrected chi connectivity index (χ4v) is 3.31. The molecule has 5 aromatic rings. The Balaban J connectivity index is 1.69. The molecule has 0 N–H and O–H groups in total. The van der Waals surface area contributed by atoms with Gasteiger partial charge in [0, 0.05) is 23.7 Å². The van der Waals surface area contributed by atoms with Crippen molar-refractivity contribution in [3.05, 3.63) is 66.4 Å². The molecular weight excluding hydrogens is 324 g/mol. The number of fused-ring (bicyclic) bond motifs is 3. The molecular formula is C20H16N6. The molecule has 0 spiro atoms. The van der Waals surface area contributed by atoms with E-state index < -0.39 is 0 Å². The molecule has 3 heterocycles. The van der Waals surface area contributed by atoms with Crippen LogP contribution in [0.5, 0.6) is 0 Å². The van der Waals surface area contributed by atoms with Gasteiger partial charge >= 0.3 is 0 Å². The zero-order valence-corrected chi connectivity index (χ0v) is 14.5. The van der Waals surface area contributed by atoms with Gasteiger partial charge in [-0.25, -0.2) is 4.68 Å². The Labute approximate surface area is 149 Å². The number of benzene rings is 2. The van der Waals surface area contributed by atoms with Gasteiger partial charge in [-0.2, -0.15) is 10.1 Å². The van der Waals surface area contributed by atoms with Crippen LogP contribution in [0.15, 0.2) is 60.7 Å². The minimum atomic E-state index is 0.475. The van der Waals surface area contributed by atoms with Crippen LogP contribution >= 0.6 is 0 Å². The maximum absolute atomic E-state index is 4.74. The molecule has 0 unspecified atom stereocenters. The van der Waals surface area contributed by atoms with Crippen LogP contribution in [-0.4, -0.2) is 29.5 Å². The SMILES string of the molecule is Cc1cc(-c2ccccc2)nn1-c1nnc2c3ccccc3n(C)c2n1. The van der Waals surface area contributed by atoms with E-state index in [9.17, 15) is 0 Å². The summed E-state index contributed by atoms with van der Waals surface area (Å²) in [7, 11) is 1.99. The fraction of sp³-hybridized carbons (Fsp3) is 0.100. The van der Waals surface area contributed by atoms with Gasteiger partial charge < -0.3 is 4.57 Å². The largest absolute Gasteiger partial charge is 0.327 e. The molecule has 0 radical (unpaired) electrons. The molecule has 6 nitrogen and oxygen atoms in total. The van der Waals surface area contributed by atoms with Gasteiger partial charge in [0.2, 0.25) is 0 Å². The van der Waals surface area contributed by atoms with Crippen LogP contribution in [0.25, 0.3) is 39.3 Å². The smallest absolute Gasteiger partial charge is 0.272 e. The molecule has 0 aliphatic carbocycles. The van der Waals surface area contributed by atoms with Gasteiger partial charge in [-0.05, 0) is 19.1 Å². The lowest BCUT2D eigenvalue weighted by Crippen LogP contribution is -2.07.